The van der Waals surface area contributed by atoms with Crippen molar-refractivity contribution in [1.29, 1.82) is 0 Å². The summed E-state index contributed by atoms with van der Waals surface area (Å²) in [5, 5.41) is 1.25. The Morgan fingerprint density at radius 3 is 2.44 bits per heavy atom. The predicted molar refractivity (Wildman–Crippen MR) is 45.0 cm³/mol. The van der Waals surface area contributed by atoms with E-state index in [1.165, 1.54) is 10.9 Å². The summed E-state index contributed by atoms with van der Waals surface area (Å²) in [5.41, 5.74) is 1.28. The average Bonchev–Trinajstić information content (AvgIpc) is 1.89. The first-order chi connectivity index (χ1) is 4.34. The lowest BCUT2D eigenvalue weighted by Gasteiger charge is -1.96. The number of aryl methyl sites for hydroxylation is 1. The van der Waals surface area contributed by atoms with Gasteiger partial charge in [-0.3, -0.25) is 0 Å². The molecule has 0 bridgehead atoms. The smallest absolute Gasteiger partial charge is 0.00686 e. The molecule has 0 aliphatic heterocycles. The molecule has 48 valence electrons. The van der Waals surface area contributed by atoms with Crippen LogP contribution in [0.1, 0.15) is 5.56 Å². The second kappa shape index (κ2) is 3.20. The van der Waals surface area contributed by atoms with Crippen molar-refractivity contribution in [2.45, 2.75) is 6.92 Å². The van der Waals surface area contributed by atoms with E-state index in [1.54, 1.807) is 0 Å². The van der Waals surface area contributed by atoms with Crippen LogP contribution in [0, 0.1) is 6.92 Å². The Morgan fingerprint density at radius 2 is 2.00 bits per heavy atom. The standard InChI is InChI=1S/C7H8ClP/c1-6-4-2-3-5-7(6)9-8/h2-5,9H,1H3. The van der Waals surface area contributed by atoms with Gasteiger partial charge in [-0.1, -0.05) is 35.5 Å². The van der Waals surface area contributed by atoms with Gasteiger partial charge in [-0.05, 0) is 17.8 Å². The van der Waals surface area contributed by atoms with E-state index in [0.717, 1.165) is 0 Å². The van der Waals surface area contributed by atoms with Crippen LogP contribution >= 0.6 is 19.2 Å². The van der Waals surface area contributed by atoms with Crippen LogP contribution < -0.4 is 5.30 Å². The minimum Gasteiger partial charge on any atom is -0.0948 e. The molecule has 1 rings (SSSR count). The molecular weight excluding hydrogens is 151 g/mol. The Hall–Kier alpha value is -0.0600. The first-order valence-electron chi connectivity index (χ1n) is 2.77. The Labute approximate surface area is 61.8 Å². The lowest BCUT2D eigenvalue weighted by atomic mass is 10.2. The van der Waals surface area contributed by atoms with Crippen molar-refractivity contribution < 1.29 is 0 Å². The fourth-order valence-electron chi connectivity index (χ4n) is 0.679. The van der Waals surface area contributed by atoms with Gasteiger partial charge < -0.3 is 0 Å². The molecule has 0 aliphatic carbocycles. The Morgan fingerprint density at radius 1 is 1.33 bits per heavy atom. The van der Waals surface area contributed by atoms with Crippen LogP contribution in [0.25, 0.3) is 0 Å². The molecule has 2 heteroatoms. The number of hydrogen-bond acceptors (Lipinski definition) is 0. The van der Waals surface area contributed by atoms with Crippen LogP contribution in [0.5, 0.6) is 0 Å². The van der Waals surface area contributed by atoms with Crippen molar-refractivity contribution in [3.8, 4) is 0 Å². The average molecular weight is 159 g/mol. The molecule has 1 atom stereocenters. The molecule has 0 spiro atoms. The fourth-order valence-corrected chi connectivity index (χ4v) is 1.71. The molecule has 0 aliphatic rings. The summed E-state index contributed by atoms with van der Waals surface area (Å²) in [4.78, 5) is 0. The summed E-state index contributed by atoms with van der Waals surface area (Å²) in [6, 6.07) is 8.17. The topological polar surface area (TPSA) is 0 Å². The largest absolute Gasteiger partial charge is 0.0948 e. The molecule has 1 aromatic rings. The predicted octanol–water partition coefficient (Wildman–Crippen LogP) is 2.45. The third kappa shape index (κ3) is 1.67. The lowest BCUT2D eigenvalue weighted by Crippen LogP contribution is -1.94. The molecule has 0 amide bonds. The van der Waals surface area contributed by atoms with Crippen molar-refractivity contribution in [2.24, 2.45) is 0 Å². The SMILES string of the molecule is Cc1ccccc1PCl. The molecule has 0 N–H and O–H groups in total. The van der Waals surface area contributed by atoms with Crippen LogP contribution in [-0.2, 0) is 0 Å². The van der Waals surface area contributed by atoms with Crippen molar-refractivity contribution in [3.63, 3.8) is 0 Å². The number of benzene rings is 1. The summed E-state index contributed by atoms with van der Waals surface area (Å²) >= 11 is 5.66. The van der Waals surface area contributed by atoms with E-state index in [1.807, 2.05) is 12.1 Å². The van der Waals surface area contributed by atoms with Gasteiger partial charge in [0.1, 0.15) is 0 Å². The molecule has 0 radical (unpaired) electrons. The molecule has 9 heavy (non-hydrogen) atoms. The first kappa shape index (κ1) is 7.05. The fraction of sp³-hybridized carbons (Fsp3) is 0.143. The molecule has 1 unspecified atom stereocenters. The summed E-state index contributed by atoms with van der Waals surface area (Å²) < 4.78 is 0. The summed E-state index contributed by atoms with van der Waals surface area (Å²) in [5.74, 6) is 0. The minimum absolute atomic E-state index is 0.401. The maximum Gasteiger partial charge on any atom is 0.00686 e. The van der Waals surface area contributed by atoms with Crippen LogP contribution in [0.2, 0.25) is 0 Å². The van der Waals surface area contributed by atoms with E-state index < -0.39 is 0 Å². The summed E-state index contributed by atoms with van der Waals surface area (Å²) in [6.07, 6.45) is 0. The third-order valence-electron chi connectivity index (χ3n) is 1.25. The highest BCUT2D eigenvalue weighted by Gasteiger charge is 1.91. The quantitative estimate of drug-likeness (QED) is 0.551. The summed E-state index contributed by atoms with van der Waals surface area (Å²) in [7, 11) is 0.401. The number of hydrogen-bond donors (Lipinski definition) is 0. The van der Waals surface area contributed by atoms with E-state index in [-0.39, 0.29) is 0 Å². The normalized spacial score (nSPS) is 10.9. The van der Waals surface area contributed by atoms with E-state index in [9.17, 15) is 0 Å². The number of halogens is 1. The van der Waals surface area contributed by atoms with E-state index >= 15 is 0 Å². The molecule has 0 nitrogen and oxygen atoms in total. The van der Waals surface area contributed by atoms with Gasteiger partial charge in [-0.15, -0.1) is 0 Å². The maximum atomic E-state index is 5.66. The second-order valence-corrected chi connectivity index (χ2v) is 3.20. The summed E-state index contributed by atoms with van der Waals surface area (Å²) in [6.45, 7) is 2.07. The minimum atomic E-state index is 0.401. The van der Waals surface area contributed by atoms with Gasteiger partial charge in [0.2, 0.25) is 0 Å². The Balaban J connectivity index is 3.01. The first-order valence-corrected chi connectivity index (χ1v) is 4.78. The zero-order valence-electron chi connectivity index (χ0n) is 5.19. The van der Waals surface area contributed by atoms with E-state index in [0.29, 0.717) is 7.93 Å². The molecular formula is C7H8ClP. The van der Waals surface area contributed by atoms with Crippen molar-refractivity contribution in [3.05, 3.63) is 29.8 Å². The second-order valence-electron chi connectivity index (χ2n) is 1.91. The number of rotatable bonds is 1. The van der Waals surface area contributed by atoms with Crippen LogP contribution in [0.4, 0.5) is 0 Å². The molecule has 0 fully saturated rings. The van der Waals surface area contributed by atoms with Crippen molar-refractivity contribution in [2.75, 3.05) is 0 Å². The molecule has 0 saturated carbocycles. The van der Waals surface area contributed by atoms with Crippen LogP contribution in [0.15, 0.2) is 24.3 Å². The monoisotopic (exact) mass is 158 g/mol. The highest BCUT2D eigenvalue weighted by atomic mass is 35.7. The maximum absolute atomic E-state index is 5.66. The molecule has 0 heterocycles. The Bertz CT molecular complexity index is 198. The van der Waals surface area contributed by atoms with Gasteiger partial charge in [0.05, 0.1) is 0 Å². The zero-order valence-corrected chi connectivity index (χ0v) is 6.94. The third-order valence-corrected chi connectivity index (χ3v) is 2.62. The van der Waals surface area contributed by atoms with Gasteiger partial charge in [-0.25, -0.2) is 0 Å². The molecule has 0 saturated heterocycles. The highest BCUT2D eigenvalue weighted by molar-refractivity contribution is 7.75. The van der Waals surface area contributed by atoms with E-state index in [4.69, 9.17) is 11.2 Å². The van der Waals surface area contributed by atoms with E-state index in [2.05, 4.69) is 19.1 Å². The van der Waals surface area contributed by atoms with Gasteiger partial charge in [0, 0.05) is 7.93 Å². The van der Waals surface area contributed by atoms with Gasteiger partial charge in [0.15, 0.2) is 0 Å². The molecule has 1 aromatic carbocycles. The van der Waals surface area contributed by atoms with Crippen molar-refractivity contribution in [1.82, 2.24) is 0 Å². The molecule has 0 aromatic heterocycles. The lowest BCUT2D eigenvalue weighted by molar-refractivity contribution is 1.52. The van der Waals surface area contributed by atoms with Gasteiger partial charge >= 0.3 is 0 Å². The van der Waals surface area contributed by atoms with Gasteiger partial charge in [-0.2, -0.15) is 0 Å². The van der Waals surface area contributed by atoms with Gasteiger partial charge in [0.25, 0.3) is 0 Å². The van der Waals surface area contributed by atoms with Crippen molar-refractivity contribution >= 4 is 24.5 Å². The Kier molecular flexibility index (Phi) is 2.50. The zero-order chi connectivity index (χ0) is 6.69. The van der Waals surface area contributed by atoms with Crippen LogP contribution in [-0.4, -0.2) is 0 Å². The van der Waals surface area contributed by atoms with Crippen LogP contribution in [0.3, 0.4) is 0 Å². The highest BCUT2D eigenvalue weighted by Crippen LogP contribution is 2.16.